The number of methoxy groups -OCH3 is 1. The zero-order chi connectivity index (χ0) is 21.0. The maximum Gasteiger partial charge on any atom is 0.306 e. The summed E-state index contributed by atoms with van der Waals surface area (Å²) >= 11 is 0. The average molecular weight is 405 g/mol. The molecule has 0 aliphatic heterocycles. The molecule has 29 heavy (non-hydrogen) atoms. The molecule has 0 saturated heterocycles. The van der Waals surface area contributed by atoms with Crippen molar-refractivity contribution in [3.63, 3.8) is 0 Å². The number of ether oxygens (including phenoxy) is 2. The summed E-state index contributed by atoms with van der Waals surface area (Å²) in [5, 5.41) is 0. The highest BCUT2D eigenvalue weighted by atomic mass is 16.5. The van der Waals surface area contributed by atoms with Gasteiger partial charge in [-0.15, -0.1) is 0 Å². The fourth-order valence-corrected chi connectivity index (χ4v) is 3.60. The van der Waals surface area contributed by atoms with E-state index in [9.17, 15) is 4.79 Å². The van der Waals surface area contributed by atoms with E-state index in [0.717, 1.165) is 24.2 Å². The zero-order valence-corrected chi connectivity index (χ0v) is 19.1. The number of rotatable bonds is 19. The van der Waals surface area contributed by atoms with Crippen LogP contribution >= 0.6 is 0 Å². The molecule has 0 heterocycles. The predicted octanol–water partition coefficient (Wildman–Crippen LogP) is 8.00. The quantitative estimate of drug-likeness (QED) is 0.173. The molecule has 1 aromatic carbocycles. The maximum absolute atomic E-state index is 11.8. The summed E-state index contributed by atoms with van der Waals surface area (Å²) in [5.74, 6) is 0.730. The van der Waals surface area contributed by atoms with Crippen LogP contribution in [0.4, 0.5) is 0 Å². The third-order valence-electron chi connectivity index (χ3n) is 5.54. The summed E-state index contributed by atoms with van der Waals surface area (Å²) in [5.41, 5.74) is 0.996. The molecule has 0 N–H and O–H groups in total. The number of benzene rings is 1. The second kappa shape index (κ2) is 18.5. The Morgan fingerprint density at radius 1 is 0.690 bits per heavy atom. The summed E-state index contributed by atoms with van der Waals surface area (Å²) in [6.45, 7) is 2.63. The van der Waals surface area contributed by atoms with Gasteiger partial charge in [0, 0.05) is 6.42 Å². The summed E-state index contributed by atoms with van der Waals surface area (Å²) in [7, 11) is 1.65. The van der Waals surface area contributed by atoms with Crippen LogP contribution in [0.2, 0.25) is 0 Å². The van der Waals surface area contributed by atoms with Crippen molar-refractivity contribution in [1.82, 2.24) is 0 Å². The molecule has 0 aliphatic rings. The molecule has 0 radical (unpaired) electrons. The fraction of sp³-hybridized carbons (Fsp3) is 0.731. The lowest BCUT2D eigenvalue weighted by molar-refractivity contribution is -0.145. The van der Waals surface area contributed by atoms with Gasteiger partial charge in [0.25, 0.3) is 0 Å². The van der Waals surface area contributed by atoms with E-state index in [-0.39, 0.29) is 5.97 Å². The Balaban J connectivity index is 1.82. The summed E-state index contributed by atoms with van der Waals surface area (Å²) in [6, 6.07) is 7.63. The van der Waals surface area contributed by atoms with Crippen molar-refractivity contribution in [3.05, 3.63) is 29.8 Å². The molecule has 0 saturated carbocycles. The molecule has 0 unspecified atom stereocenters. The van der Waals surface area contributed by atoms with Gasteiger partial charge in [-0.1, -0.05) is 109 Å². The highest BCUT2D eigenvalue weighted by molar-refractivity contribution is 5.69. The molecule has 166 valence electrons. The molecule has 0 atom stereocenters. The van der Waals surface area contributed by atoms with Crippen molar-refractivity contribution in [2.75, 3.05) is 7.11 Å². The number of unbranched alkanes of at least 4 members (excludes halogenated alkanes) is 14. The van der Waals surface area contributed by atoms with Crippen LogP contribution in [0.15, 0.2) is 24.3 Å². The molecular weight excluding hydrogens is 360 g/mol. The molecule has 0 aliphatic carbocycles. The topological polar surface area (TPSA) is 35.5 Å². The van der Waals surface area contributed by atoms with E-state index < -0.39 is 0 Å². The van der Waals surface area contributed by atoms with Gasteiger partial charge in [0.1, 0.15) is 12.4 Å². The van der Waals surface area contributed by atoms with Gasteiger partial charge in [-0.2, -0.15) is 0 Å². The molecule has 0 aromatic heterocycles. The first-order valence-corrected chi connectivity index (χ1v) is 12.0. The van der Waals surface area contributed by atoms with E-state index in [2.05, 4.69) is 6.92 Å². The van der Waals surface area contributed by atoms with Crippen molar-refractivity contribution < 1.29 is 14.3 Å². The average Bonchev–Trinajstić information content (AvgIpc) is 2.75. The maximum atomic E-state index is 11.8. The van der Waals surface area contributed by atoms with E-state index in [1.165, 1.54) is 83.5 Å². The number of hydrogen-bond donors (Lipinski definition) is 0. The van der Waals surface area contributed by atoms with Crippen LogP contribution in [-0.2, 0) is 16.1 Å². The molecule has 0 fully saturated rings. The largest absolute Gasteiger partial charge is 0.497 e. The lowest BCUT2D eigenvalue weighted by Crippen LogP contribution is -2.04. The van der Waals surface area contributed by atoms with Crippen molar-refractivity contribution in [1.29, 1.82) is 0 Å². The highest BCUT2D eigenvalue weighted by Gasteiger charge is 2.04. The minimum absolute atomic E-state index is 0.0875. The monoisotopic (exact) mass is 404 g/mol. The first-order valence-electron chi connectivity index (χ1n) is 12.0. The summed E-state index contributed by atoms with van der Waals surface area (Å²) in [6.07, 6.45) is 20.6. The Morgan fingerprint density at radius 2 is 1.14 bits per heavy atom. The molecule has 3 heteroatoms. The van der Waals surface area contributed by atoms with Gasteiger partial charge < -0.3 is 9.47 Å². The summed E-state index contributed by atoms with van der Waals surface area (Å²) < 4.78 is 10.5. The minimum atomic E-state index is -0.0875. The smallest absolute Gasteiger partial charge is 0.306 e. The summed E-state index contributed by atoms with van der Waals surface area (Å²) in [4.78, 5) is 11.8. The molecular formula is C26H44O3. The van der Waals surface area contributed by atoms with Gasteiger partial charge in [0.2, 0.25) is 0 Å². The van der Waals surface area contributed by atoms with E-state index in [1.807, 2.05) is 24.3 Å². The second-order valence-electron chi connectivity index (χ2n) is 8.21. The Kier molecular flexibility index (Phi) is 16.3. The number of carbonyl (C=O) groups is 1. The van der Waals surface area contributed by atoms with E-state index >= 15 is 0 Å². The number of esters is 1. The predicted molar refractivity (Wildman–Crippen MR) is 122 cm³/mol. The first kappa shape index (κ1) is 25.5. The van der Waals surface area contributed by atoms with Crippen LogP contribution in [0, 0.1) is 0 Å². The van der Waals surface area contributed by atoms with E-state index in [0.29, 0.717) is 13.0 Å². The molecule has 0 spiro atoms. The number of carbonyl (C=O) groups excluding carboxylic acids is 1. The molecule has 0 amide bonds. The van der Waals surface area contributed by atoms with Gasteiger partial charge in [-0.25, -0.2) is 0 Å². The third-order valence-corrected chi connectivity index (χ3v) is 5.54. The van der Waals surface area contributed by atoms with Crippen molar-refractivity contribution >= 4 is 5.97 Å². The van der Waals surface area contributed by atoms with E-state index in [1.54, 1.807) is 7.11 Å². The van der Waals surface area contributed by atoms with Gasteiger partial charge in [0.15, 0.2) is 0 Å². The van der Waals surface area contributed by atoms with E-state index in [4.69, 9.17) is 9.47 Å². The second-order valence-corrected chi connectivity index (χ2v) is 8.21. The third kappa shape index (κ3) is 15.1. The van der Waals surface area contributed by atoms with Crippen LogP contribution in [-0.4, -0.2) is 13.1 Å². The standard InChI is InChI=1S/C26H44O3/c1-3-4-5-6-7-8-9-10-11-12-13-14-15-16-17-18-26(27)29-23-24-19-21-25(28-2)22-20-24/h19-22H,3-18,23H2,1-2H3. The Labute approximate surface area is 179 Å². The Morgan fingerprint density at radius 3 is 1.59 bits per heavy atom. The lowest BCUT2D eigenvalue weighted by Gasteiger charge is -2.06. The Bertz CT molecular complexity index is 495. The molecule has 0 bridgehead atoms. The number of hydrogen-bond acceptors (Lipinski definition) is 3. The molecule has 1 rings (SSSR count). The fourth-order valence-electron chi connectivity index (χ4n) is 3.60. The van der Waals surface area contributed by atoms with Gasteiger partial charge in [0.05, 0.1) is 7.11 Å². The van der Waals surface area contributed by atoms with Crippen molar-refractivity contribution in [2.45, 2.75) is 116 Å². The van der Waals surface area contributed by atoms with Crippen LogP contribution in [0.5, 0.6) is 5.75 Å². The molecule has 3 nitrogen and oxygen atoms in total. The zero-order valence-electron chi connectivity index (χ0n) is 19.1. The lowest BCUT2D eigenvalue weighted by atomic mass is 10.0. The van der Waals surface area contributed by atoms with Crippen LogP contribution in [0.1, 0.15) is 115 Å². The van der Waals surface area contributed by atoms with Gasteiger partial charge >= 0.3 is 5.97 Å². The minimum Gasteiger partial charge on any atom is -0.497 e. The van der Waals surface area contributed by atoms with Crippen LogP contribution in [0.25, 0.3) is 0 Å². The normalized spacial score (nSPS) is 10.8. The molecule has 1 aromatic rings. The highest BCUT2D eigenvalue weighted by Crippen LogP contribution is 2.15. The van der Waals surface area contributed by atoms with Crippen LogP contribution in [0.3, 0.4) is 0 Å². The van der Waals surface area contributed by atoms with Gasteiger partial charge in [-0.05, 0) is 24.1 Å². The first-order chi connectivity index (χ1) is 14.3. The Hall–Kier alpha value is -1.51. The van der Waals surface area contributed by atoms with Crippen molar-refractivity contribution in [2.24, 2.45) is 0 Å². The van der Waals surface area contributed by atoms with Crippen LogP contribution < -0.4 is 4.74 Å². The van der Waals surface area contributed by atoms with Gasteiger partial charge in [-0.3, -0.25) is 4.79 Å². The van der Waals surface area contributed by atoms with Crippen molar-refractivity contribution in [3.8, 4) is 5.75 Å². The SMILES string of the molecule is CCCCCCCCCCCCCCCCCC(=O)OCc1ccc(OC)cc1.